The zero-order valence-corrected chi connectivity index (χ0v) is 24.8. The minimum atomic E-state index is -0.275. The van der Waals surface area contributed by atoms with E-state index < -0.39 is 0 Å². The Morgan fingerprint density at radius 3 is 1.19 bits per heavy atom. The summed E-state index contributed by atoms with van der Waals surface area (Å²) < 4.78 is 12.3. The van der Waals surface area contributed by atoms with Crippen LogP contribution in [0.5, 0.6) is 0 Å². The number of hydrogen-bond acceptors (Lipinski definition) is 2. The maximum atomic E-state index is 6.17. The number of rotatable bonds is 21. The average molecular weight is 499 g/mol. The van der Waals surface area contributed by atoms with Gasteiger partial charge >= 0.3 is 7.12 Å². The summed E-state index contributed by atoms with van der Waals surface area (Å²) in [6, 6.07) is 8.89. The smallest absolute Gasteiger partial charge is 0.399 e. The molecule has 0 aliphatic carbocycles. The van der Waals surface area contributed by atoms with Gasteiger partial charge in [0.1, 0.15) is 0 Å². The largest absolute Gasteiger partial charge is 0.494 e. The Balaban J connectivity index is 1.36. The van der Waals surface area contributed by atoms with Gasteiger partial charge in [-0.3, -0.25) is 0 Å². The van der Waals surface area contributed by atoms with Gasteiger partial charge in [-0.25, -0.2) is 0 Å². The molecule has 36 heavy (non-hydrogen) atoms. The summed E-state index contributed by atoms with van der Waals surface area (Å²) in [5, 5.41) is 0. The Hall–Kier alpha value is -0.795. The maximum absolute atomic E-state index is 6.17. The molecule has 0 radical (unpaired) electrons. The molecule has 1 heterocycles. The van der Waals surface area contributed by atoms with E-state index in [0.29, 0.717) is 0 Å². The van der Waals surface area contributed by atoms with Crippen LogP contribution in [0.3, 0.4) is 0 Å². The van der Waals surface area contributed by atoms with Crippen molar-refractivity contribution < 1.29 is 9.31 Å². The minimum Gasteiger partial charge on any atom is -0.399 e. The van der Waals surface area contributed by atoms with E-state index in [0.717, 1.165) is 5.46 Å². The molecule has 2 nitrogen and oxygen atoms in total. The Labute approximate surface area is 225 Å². The van der Waals surface area contributed by atoms with Crippen molar-refractivity contribution in [1.82, 2.24) is 0 Å². The van der Waals surface area contributed by atoms with Crippen molar-refractivity contribution in [2.24, 2.45) is 0 Å². The molecule has 3 heteroatoms. The standard InChI is InChI=1S/C33H59BO2/c1-6-7-8-9-10-11-12-13-14-15-16-17-18-19-20-21-22-23-24-25-30-26-28-31(29-27-30)34-35-32(2,3)33(4,5)36-34/h26-29H,6-25H2,1-5H3. The van der Waals surface area contributed by atoms with E-state index in [2.05, 4.69) is 58.9 Å². The van der Waals surface area contributed by atoms with Gasteiger partial charge < -0.3 is 9.31 Å². The number of unbranched alkanes of at least 4 members (excludes halogenated alkanes) is 18. The fourth-order valence-corrected chi connectivity index (χ4v) is 5.23. The highest BCUT2D eigenvalue weighted by Crippen LogP contribution is 2.36. The molecule has 206 valence electrons. The van der Waals surface area contributed by atoms with Crippen molar-refractivity contribution in [1.29, 1.82) is 0 Å². The summed E-state index contributed by atoms with van der Waals surface area (Å²) in [6.07, 6.45) is 28.4. The van der Waals surface area contributed by atoms with E-state index in [9.17, 15) is 0 Å². The summed E-state index contributed by atoms with van der Waals surface area (Å²) in [4.78, 5) is 0. The Morgan fingerprint density at radius 1 is 0.500 bits per heavy atom. The molecule has 0 atom stereocenters. The van der Waals surface area contributed by atoms with Gasteiger partial charge in [-0.05, 0) is 51.6 Å². The lowest BCUT2D eigenvalue weighted by molar-refractivity contribution is 0.00578. The van der Waals surface area contributed by atoms with Gasteiger partial charge in [0.05, 0.1) is 11.2 Å². The van der Waals surface area contributed by atoms with E-state index in [1.165, 1.54) is 134 Å². The second kappa shape index (κ2) is 17.7. The highest BCUT2D eigenvalue weighted by atomic mass is 16.7. The molecule has 1 aromatic carbocycles. The van der Waals surface area contributed by atoms with Gasteiger partial charge in [-0.15, -0.1) is 0 Å². The van der Waals surface area contributed by atoms with Crippen LogP contribution in [0.2, 0.25) is 0 Å². The zero-order valence-electron chi connectivity index (χ0n) is 24.8. The number of benzene rings is 1. The fraction of sp³-hybridized carbons (Fsp3) is 0.818. The lowest BCUT2D eigenvalue weighted by Gasteiger charge is -2.32. The van der Waals surface area contributed by atoms with Crippen molar-refractivity contribution in [3.63, 3.8) is 0 Å². The van der Waals surface area contributed by atoms with Crippen molar-refractivity contribution in [2.75, 3.05) is 0 Å². The van der Waals surface area contributed by atoms with Crippen LogP contribution < -0.4 is 5.46 Å². The molecule has 0 amide bonds. The highest BCUT2D eigenvalue weighted by Gasteiger charge is 2.51. The number of aryl methyl sites for hydroxylation is 1. The quantitative estimate of drug-likeness (QED) is 0.124. The maximum Gasteiger partial charge on any atom is 0.494 e. The van der Waals surface area contributed by atoms with Crippen molar-refractivity contribution in [3.05, 3.63) is 29.8 Å². The fourth-order valence-electron chi connectivity index (χ4n) is 5.23. The number of hydrogen-bond donors (Lipinski definition) is 0. The van der Waals surface area contributed by atoms with E-state index >= 15 is 0 Å². The summed E-state index contributed by atoms with van der Waals surface area (Å²) >= 11 is 0. The van der Waals surface area contributed by atoms with Crippen LogP contribution in [-0.2, 0) is 15.7 Å². The van der Waals surface area contributed by atoms with Crippen LogP contribution >= 0.6 is 0 Å². The van der Waals surface area contributed by atoms with Crippen LogP contribution in [0, 0.1) is 0 Å². The van der Waals surface area contributed by atoms with E-state index in [-0.39, 0.29) is 18.3 Å². The summed E-state index contributed by atoms with van der Waals surface area (Å²) in [6.45, 7) is 10.7. The van der Waals surface area contributed by atoms with Crippen molar-refractivity contribution >= 4 is 12.6 Å². The molecule has 1 aliphatic rings. The molecule has 0 unspecified atom stereocenters. The molecule has 0 bridgehead atoms. The first-order chi connectivity index (χ1) is 17.4. The molecular weight excluding hydrogens is 439 g/mol. The third-order valence-electron chi connectivity index (χ3n) is 8.57. The predicted molar refractivity (Wildman–Crippen MR) is 159 cm³/mol. The first kappa shape index (κ1) is 31.4. The molecule has 0 saturated carbocycles. The third-order valence-corrected chi connectivity index (χ3v) is 8.57. The van der Waals surface area contributed by atoms with E-state index in [1.807, 2.05) is 0 Å². The Morgan fingerprint density at radius 2 is 0.833 bits per heavy atom. The first-order valence-corrected chi connectivity index (χ1v) is 15.8. The second-order valence-corrected chi connectivity index (χ2v) is 12.4. The molecule has 1 aromatic rings. The molecule has 0 N–H and O–H groups in total. The molecule has 0 aromatic heterocycles. The molecule has 2 rings (SSSR count). The minimum absolute atomic E-state index is 0.251. The predicted octanol–water partition coefficient (Wildman–Crippen LogP) is 9.96. The van der Waals surface area contributed by atoms with Crippen LogP contribution in [0.15, 0.2) is 24.3 Å². The lowest BCUT2D eigenvalue weighted by atomic mass is 9.78. The summed E-state index contributed by atoms with van der Waals surface area (Å²) in [5.41, 5.74) is 2.01. The van der Waals surface area contributed by atoms with Gasteiger partial charge in [0.25, 0.3) is 0 Å². The Kier molecular flexibility index (Phi) is 15.4. The van der Waals surface area contributed by atoms with E-state index in [1.54, 1.807) is 0 Å². The second-order valence-electron chi connectivity index (χ2n) is 12.4. The van der Waals surface area contributed by atoms with Crippen molar-refractivity contribution in [2.45, 2.75) is 174 Å². The van der Waals surface area contributed by atoms with Gasteiger partial charge in [0, 0.05) is 0 Å². The van der Waals surface area contributed by atoms with Crippen LogP contribution in [-0.4, -0.2) is 18.3 Å². The molecule has 0 spiro atoms. The van der Waals surface area contributed by atoms with Crippen LogP contribution in [0.1, 0.15) is 162 Å². The van der Waals surface area contributed by atoms with Crippen molar-refractivity contribution in [3.8, 4) is 0 Å². The van der Waals surface area contributed by atoms with Gasteiger partial charge in [0.2, 0.25) is 0 Å². The molecule has 1 saturated heterocycles. The zero-order chi connectivity index (χ0) is 26.1. The molecule has 1 aliphatic heterocycles. The molecule has 1 fully saturated rings. The summed E-state index contributed by atoms with van der Waals surface area (Å²) in [5.74, 6) is 0. The van der Waals surface area contributed by atoms with Gasteiger partial charge in [0.15, 0.2) is 0 Å². The normalized spacial score (nSPS) is 16.6. The monoisotopic (exact) mass is 498 g/mol. The molecular formula is C33H59BO2. The first-order valence-electron chi connectivity index (χ1n) is 15.8. The van der Waals surface area contributed by atoms with E-state index in [4.69, 9.17) is 9.31 Å². The summed E-state index contributed by atoms with van der Waals surface area (Å²) in [7, 11) is -0.251. The topological polar surface area (TPSA) is 18.5 Å². The van der Waals surface area contributed by atoms with Crippen LogP contribution in [0.25, 0.3) is 0 Å². The van der Waals surface area contributed by atoms with Gasteiger partial charge in [-0.1, -0.05) is 147 Å². The van der Waals surface area contributed by atoms with Crippen LogP contribution in [0.4, 0.5) is 0 Å². The average Bonchev–Trinajstić information content (AvgIpc) is 3.07. The lowest BCUT2D eigenvalue weighted by Crippen LogP contribution is -2.41. The Bertz CT molecular complexity index is 651. The SMILES string of the molecule is CCCCCCCCCCCCCCCCCCCCCc1ccc(B2OC(C)(C)C(C)(C)O2)cc1. The third kappa shape index (κ3) is 12.2. The highest BCUT2D eigenvalue weighted by molar-refractivity contribution is 6.62. The van der Waals surface area contributed by atoms with Gasteiger partial charge in [-0.2, -0.15) is 0 Å².